The molecular weight excluding hydrogens is 400 g/mol. The highest BCUT2D eigenvalue weighted by atomic mass is 32.1. The van der Waals surface area contributed by atoms with E-state index in [4.69, 9.17) is 9.41 Å². The number of guanidine groups is 1. The lowest BCUT2D eigenvalue weighted by atomic mass is 10.1. The lowest BCUT2D eigenvalue weighted by Crippen LogP contribution is -2.49. The zero-order chi connectivity index (χ0) is 19.7. The first-order valence-electron chi connectivity index (χ1n) is 10.2. The van der Waals surface area contributed by atoms with Gasteiger partial charge in [-0.05, 0) is 53.9 Å². The molecule has 0 atom stereocenters. The molecule has 0 bridgehead atoms. The number of furan rings is 1. The summed E-state index contributed by atoms with van der Waals surface area (Å²) in [5.41, 5.74) is 0. The van der Waals surface area contributed by atoms with Crippen LogP contribution in [0.5, 0.6) is 0 Å². The molecule has 0 spiro atoms. The first-order chi connectivity index (χ1) is 14.4. The molecule has 4 rings (SSSR count). The average molecular weight is 429 g/mol. The maximum absolute atomic E-state index is 5.44. The van der Waals surface area contributed by atoms with Gasteiger partial charge in [0.1, 0.15) is 5.76 Å². The summed E-state index contributed by atoms with van der Waals surface area (Å²) < 4.78 is 5.44. The van der Waals surface area contributed by atoms with Gasteiger partial charge in [-0.1, -0.05) is 6.07 Å². The van der Waals surface area contributed by atoms with Crippen LogP contribution in [0.15, 0.2) is 62.8 Å². The third kappa shape index (κ3) is 6.11. The lowest BCUT2D eigenvalue weighted by Gasteiger charge is -2.33. The Morgan fingerprint density at radius 1 is 1.07 bits per heavy atom. The third-order valence-electron chi connectivity index (χ3n) is 5.11. The molecule has 5 nitrogen and oxygen atoms in total. The fourth-order valence-electron chi connectivity index (χ4n) is 3.53. The molecule has 0 saturated carbocycles. The molecular formula is C22H28N4OS2. The zero-order valence-electron chi connectivity index (χ0n) is 16.5. The van der Waals surface area contributed by atoms with Crippen LogP contribution < -0.4 is 15.5 Å². The minimum atomic E-state index is 0.461. The van der Waals surface area contributed by atoms with Crippen molar-refractivity contribution >= 4 is 33.6 Å². The Hall–Kier alpha value is -2.25. The van der Waals surface area contributed by atoms with Crippen LogP contribution in [-0.2, 0) is 12.8 Å². The van der Waals surface area contributed by atoms with Gasteiger partial charge in [-0.25, -0.2) is 0 Å². The molecule has 3 aromatic heterocycles. The first-order valence-corrected chi connectivity index (χ1v) is 12.0. The van der Waals surface area contributed by atoms with Gasteiger partial charge in [0.2, 0.25) is 0 Å². The molecule has 1 aliphatic rings. The average Bonchev–Trinajstić information content (AvgIpc) is 3.51. The van der Waals surface area contributed by atoms with E-state index in [1.165, 1.54) is 9.88 Å². The number of nitrogens with one attached hydrogen (secondary N) is 2. The smallest absolute Gasteiger partial charge is 0.191 e. The van der Waals surface area contributed by atoms with Gasteiger partial charge in [0.05, 0.1) is 11.3 Å². The SMILES string of the molecule is c1coc(CCNC(=NCCc2cccs2)NC2CCN(c3cccs3)CC2)c1. The molecule has 0 amide bonds. The summed E-state index contributed by atoms with van der Waals surface area (Å²) in [6, 6.07) is 13.0. The maximum atomic E-state index is 5.44. The van der Waals surface area contributed by atoms with Crippen molar-refractivity contribution in [3.8, 4) is 0 Å². The summed E-state index contributed by atoms with van der Waals surface area (Å²) in [4.78, 5) is 8.71. The van der Waals surface area contributed by atoms with Crippen molar-refractivity contribution in [2.45, 2.75) is 31.7 Å². The van der Waals surface area contributed by atoms with E-state index >= 15 is 0 Å². The summed E-state index contributed by atoms with van der Waals surface area (Å²) in [6.07, 6.45) is 5.82. The summed E-state index contributed by atoms with van der Waals surface area (Å²) in [7, 11) is 0. The van der Waals surface area contributed by atoms with Crippen LogP contribution in [0.1, 0.15) is 23.5 Å². The monoisotopic (exact) mass is 428 g/mol. The summed E-state index contributed by atoms with van der Waals surface area (Å²) in [5, 5.41) is 12.8. The molecule has 0 unspecified atom stereocenters. The molecule has 2 N–H and O–H groups in total. The maximum Gasteiger partial charge on any atom is 0.191 e. The van der Waals surface area contributed by atoms with E-state index in [0.717, 1.165) is 63.6 Å². The fraction of sp³-hybridized carbons (Fsp3) is 0.409. The number of anilines is 1. The van der Waals surface area contributed by atoms with Crippen LogP contribution >= 0.6 is 22.7 Å². The van der Waals surface area contributed by atoms with Gasteiger partial charge in [-0.2, -0.15) is 0 Å². The van der Waals surface area contributed by atoms with Crippen LogP contribution in [0.2, 0.25) is 0 Å². The Kier molecular flexibility index (Phi) is 7.26. The summed E-state index contributed by atoms with van der Waals surface area (Å²) >= 11 is 3.62. The molecule has 3 aromatic rings. The number of thiophene rings is 2. The van der Waals surface area contributed by atoms with Crippen molar-refractivity contribution in [1.82, 2.24) is 10.6 Å². The van der Waals surface area contributed by atoms with Gasteiger partial charge in [-0.3, -0.25) is 4.99 Å². The van der Waals surface area contributed by atoms with E-state index in [0.29, 0.717) is 6.04 Å². The second-order valence-corrected chi connectivity index (χ2v) is 9.13. The predicted octanol–water partition coefficient (Wildman–Crippen LogP) is 4.39. The lowest BCUT2D eigenvalue weighted by molar-refractivity contribution is 0.461. The van der Waals surface area contributed by atoms with Gasteiger partial charge < -0.3 is 20.0 Å². The molecule has 0 radical (unpaired) electrons. The second kappa shape index (κ2) is 10.5. The number of hydrogen-bond donors (Lipinski definition) is 2. The van der Waals surface area contributed by atoms with Gasteiger partial charge in [-0.15, -0.1) is 22.7 Å². The molecule has 0 aromatic carbocycles. The minimum Gasteiger partial charge on any atom is -0.469 e. The molecule has 1 aliphatic heterocycles. The second-order valence-electron chi connectivity index (χ2n) is 7.17. The number of aliphatic imine (C=N–C) groups is 1. The highest BCUT2D eigenvalue weighted by molar-refractivity contribution is 7.14. The number of piperidine rings is 1. The Balaban J connectivity index is 1.29. The Morgan fingerprint density at radius 2 is 1.93 bits per heavy atom. The largest absolute Gasteiger partial charge is 0.469 e. The highest BCUT2D eigenvalue weighted by Gasteiger charge is 2.20. The molecule has 7 heteroatoms. The zero-order valence-corrected chi connectivity index (χ0v) is 18.2. The van der Waals surface area contributed by atoms with Crippen LogP contribution in [0, 0.1) is 0 Å². The molecule has 1 fully saturated rings. The van der Waals surface area contributed by atoms with E-state index in [2.05, 4.69) is 50.6 Å². The predicted molar refractivity (Wildman–Crippen MR) is 123 cm³/mol. The van der Waals surface area contributed by atoms with Crippen molar-refractivity contribution in [2.75, 3.05) is 31.1 Å². The Morgan fingerprint density at radius 3 is 2.66 bits per heavy atom. The Labute approximate surface area is 180 Å². The van der Waals surface area contributed by atoms with Gasteiger partial charge in [0, 0.05) is 49.9 Å². The van der Waals surface area contributed by atoms with E-state index in [1.807, 2.05) is 23.5 Å². The minimum absolute atomic E-state index is 0.461. The quantitative estimate of drug-likeness (QED) is 0.413. The highest BCUT2D eigenvalue weighted by Crippen LogP contribution is 2.24. The molecule has 29 heavy (non-hydrogen) atoms. The van der Waals surface area contributed by atoms with Crippen LogP contribution in [0.4, 0.5) is 5.00 Å². The van der Waals surface area contributed by atoms with Crippen molar-refractivity contribution in [1.29, 1.82) is 0 Å². The van der Waals surface area contributed by atoms with Crippen molar-refractivity contribution < 1.29 is 4.42 Å². The van der Waals surface area contributed by atoms with Crippen molar-refractivity contribution in [2.24, 2.45) is 4.99 Å². The normalized spacial score (nSPS) is 15.6. The summed E-state index contributed by atoms with van der Waals surface area (Å²) in [5.74, 6) is 1.92. The first kappa shape index (κ1) is 20.0. The Bertz CT molecular complexity index is 836. The van der Waals surface area contributed by atoms with Gasteiger partial charge >= 0.3 is 0 Å². The van der Waals surface area contributed by atoms with E-state index in [1.54, 1.807) is 17.6 Å². The van der Waals surface area contributed by atoms with Crippen molar-refractivity contribution in [3.63, 3.8) is 0 Å². The number of nitrogens with zero attached hydrogens (tertiary/aromatic N) is 2. The standard InChI is InChI=1S/C22H28N4OS2/c1-4-19(27-15-1)7-11-23-22(24-12-8-20-5-2-16-28-20)25-18-9-13-26(14-10-18)21-6-3-17-29-21/h1-6,15-18H,7-14H2,(H2,23,24,25). The van der Waals surface area contributed by atoms with Crippen molar-refractivity contribution in [3.05, 3.63) is 64.1 Å². The molecule has 4 heterocycles. The van der Waals surface area contributed by atoms with Crippen LogP contribution in [-0.4, -0.2) is 38.2 Å². The van der Waals surface area contributed by atoms with Gasteiger partial charge in [0.25, 0.3) is 0 Å². The van der Waals surface area contributed by atoms with Crippen LogP contribution in [0.25, 0.3) is 0 Å². The van der Waals surface area contributed by atoms with E-state index < -0.39 is 0 Å². The molecule has 1 saturated heterocycles. The number of rotatable bonds is 8. The van der Waals surface area contributed by atoms with E-state index in [-0.39, 0.29) is 0 Å². The molecule has 154 valence electrons. The molecule has 0 aliphatic carbocycles. The van der Waals surface area contributed by atoms with Crippen LogP contribution in [0.3, 0.4) is 0 Å². The fourth-order valence-corrected chi connectivity index (χ4v) is 5.02. The van der Waals surface area contributed by atoms with E-state index in [9.17, 15) is 0 Å². The third-order valence-corrected chi connectivity index (χ3v) is 6.97. The van der Waals surface area contributed by atoms with Gasteiger partial charge in [0.15, 0.2) is 5.96 Å². The summed E-state index contributed by atoms with van der Waals surface area (Å²) in [6.45, 7) is 3.79. The topological polar surface area (TPSA) is 52.8 Å². The number of hydrogen-bond acceptors (Lipinski definition) is 5.